The molecule has 0 fully saturated rings. The Labute approximate surface area is 138 Å². The molecule has 1 amide bonds. The van der Waals surface area contributed by atoms with E-state index in [0.29, 0.717) is 19.5 Å². The van der Waals surface area contributed by atoms with Crippen molar-refractivity contribution in [1.82, 2.24) is 5.32 Å². The number of rotatable bonds is 7. The molecule has 0 unspecified atom stereocenters. The number of pyridine rings is 1. The minimum Gasteiger partial charge on any atom is -0.352 e. The Morgan fingerprint density at radius 2 is 1.91 bits per heavy atom. The lowest BCUT2D eigenvalue weighted by Gasteiger charge is -2.08. The summed E-state index contributed by atoms with van der Waals surface area (Å²) in [6, 6.07) is 6.50. The Bertz CT molecular complexity index is 695. The topological polar surface area (TPSA) is 55.3 Å². The minimum absolute atomic E-state index is 0.138. The van der Waals surface area contributed by atoms with Crippen LogP contribution in [0.5, 0.6) is 0 Å². The third kappa shape index (κ3) is 4.44. The Kier molecular flexibility index (Phi) is 5.97. The van der Waals surface area contributed by atoms with Crippen molar-refractivity contribution in [2.24, 2.45) is 0 Å². The number of fused-ring (bicyclic) bond motifs is 1. The number of carbonyl (C=O) groups is 1. The molecule has 1 heterocycles. The molecule has 0 bridgehead atoms. The van der Waals surface area contributed by atoms with Crippen molar-refractivity contribution < 1.29 is 9.78 Å². The van der Waals surface area contributed by atoms with Gasteiger partial charge in [-0.1, -0.05) is 25.5 Å². The highest BCUT2D eigenvalue weighted by atomic mass is 16.1. The molecule has 0 atom stereocenters. The van der Waals surface area contributed by atoms with Crippen LogP contribution in [0.15, 0.2) is 18.2 Å². The Hall–Kier alpha value is -2.10. The quantitative estimate of drug-likeness (QED) is 0.771. The Morgan fingerprint density at radius 1 is 1.13 bits per heavy atom. The molecule has 4 nitrogen and oxygen atoms in total. The molecule has 2 rings (SSSR count). The lowest BCUT2D eigenvalue weighted by Crippen LogP contribution is -2.30. The third-order valence-corrected chi connectivity index (χ3v) is 4.29. The van der Waals surface area contributed by atoms with Crippen LogP contribution in [0, 0.1) is 20.8 Å². The van der Waals surface area contributed by atoms with E-state index in [-0.39, 0.29) is 5.91 Å². The maximum atomic E-state index is 11.6. The molecule has 1 aromatic heterocycles. The van der Waals surface area contributed by atoms with Gasteiger partial charge in [-0.25, -0.2) is 4.98 Å². The SMILES string of the molecule is CCCCC(=O)NCCNc1[nH+]c2c(C)c(C)ccc2cc1C. The van der Waals surface area contributed by atoms with Crippen molar-refractivity contribution in [3.05, 3.63) is 34.9 Å². The lowest BCUT2D eigenvalue weighted by molar-refractivity contribution is -0.328. The van der Waals surface area contributed by atoms with Crippen molar-refractivity contribution in [1.29, 1.82) is 0 Å². The van der Waals surface area contributed by atoms with Crippen LogP contribution in [-0.2, 0) is 4.79 Å². The van der Waals surface area contributed by atoms with Crippen LogP contribution >= 0.6 is 0 Å². The summed E-state index contributed by atoms with van der Waals surface area (Å²) in [4.78, 5) is 15.1. The fraction of sp³-hybridized carbons (Fsp3) is 0.474. The molecule has 4 heteroatoms. The van der Waals surface area contributed by atoms with Crippen LogP contribution in [0.3, 0.4) is 0 Å². The van der Waals surface area contributed by atoms with Crippen LogP contribution in [0.4, 0.5) is 5.82 Å². The predicted octanol–water partition coefficient (Wildman–Crippen LogP) is 3.30. The Balaban J connectivity index is 1.99. The van der Waals surface area contributed by atoms with E-state index in [2.05, 4.69) is 61.5 Å². The molecular weight excluding hydrogens is 286 g/mol. The monoisotopic (exact) mass is 314 g/mol. The maximum Gasteiger partial charge on any atom is 0.275 e. The first kappa shape index (κ1) is 17.3. The van der Waals surface area contributed by atoms with E-state index >= 15 is 0 Å². The fourth-order valence-electron chi connectivity index (χ4n) is 2.65. The molecule has 124 valence electrons. The average Bonchev–Trinajstić information content (AvgIpc) is 2.54. The van der Waals surface area contributed by atoms with Crippen LogP contribution in [0.1, 0.15) is 42.9 Å². The molecule has 0 saturated carbocycles. The molecule has 0 aliphatic rings. The highest BCUT2D eigenvalue weighted by Gasteiger charge is 2.11. The number of aryl methyl sites for hydroxylation is 3. The van der Waals surface area contributed by atoms with E-state index in [0.717, 1.165) is 18.7 Å². The van der Waals surface area contributed by atoms with E-state index < -0.39 is 0 Å². The summed E-state index contributed by atoms with van der Waals surface area (Å²) < 4.78 is 0. The normalized spacial score (nSPS) is 10.8. The van der Waals surface area contributed by atoms with Crippen LogP contribution in [-0.4, -0.2) is 19.0 Å². The Morgan fingerprint density at radius 3 is 2.65 bits per heavy atom. The first-order valence-electron chi connectivity index (χ1n) is 8.46. The van der Waals surface area contributed by atoms with Gasteiger partial charge in [0, 0.05) is 17.4 Å². The molecule has 1 aromatic carbocycles. The zero-order chi connectivity index (χ0) is 16.8. The van der Waals surface area contributed by atoms with Gasteiger partial charge in [-0.05, 0) is 44.4 Å². The van der Waals surface area contributed by atoms with E-state index in [1.165, 1.54) is 27.6 Å². The third-order valence-electron chi connectivity index (χ3n) is 4.29. The van der Waals surface area contributed by atoms with Crippen LogP contribution in [0.25, 0.3) is 10.9 Å². The predicted molar refractivity (Wildman–Crippen MR) is 95.7 cm³/mol. The smallest absolute Gasteiger partial charge is 0.275 e. The van der Waals surface area contributed by atoms with Crippen LogP contribution in [0.2, 0.25) is 0 Å². The largest absolute Gasteiger partial charge is 0.352 e. The zero-order valence-corrected chi connectivity index (χ0v) is 14.7. The van der Waals surface area contributed by atoms with E-state index in [9.17, 15) is 4.79 Å². The highest BCUT2D eigenvalue weighted by Crippen LogP contribution is 2.21. The summed E-state index contributed by atoms with van der Waals surface area (Å²) >= 11 is 0. The van der Waals surface area contributed by atoms with Gasteiger partial charge < -0.3 is 5.32 Å². The molecule has 23 heavy (non-hydrogen) atoms. The number of aromatic nitrogens is 1. The van der Waals surface area contributed by atoms with Crippen molar-refractivity contribution in [2.75, 3.05) is 18.4 Å². The number of nitrogens with one attached hydrogen (secondary N) is 3. The number of unbranched alkanes of at least 4 members (excludes halogenated alkanes) is 1. The number of benzene rings is 1. The van der Waals surface area contributed by atoms with Gasteiger partial charge in [-0.2, -0.15) is 0 Å². The molecule has 0 saturated heterocycles. The lowest BCUT2D eigenvalue weighted by atomic mass is 10.0. The molecular formula is C19H28N3O+. The van der Waals surface area contributed by atoms with Crippen molar-refractivity contribution in [3.63, 3.8) is 0 Å². The minimum atomic E-state index is 0.138. The number of hydrogen-bond acceptors (Lipinski definition) is 2. The van der Waals surface area contributed by atoms with E-state index in [1.54, 1.807) is 0 Å². The van der Waals surface area contributed by atoms with Gasteiger partial charge in [0.05, 0.1) is 6.54 Å². The molecule has 3 N–H and O–H groups in total. The molecule has 0 spiro atoms. The average molecular weight is 314 g/mol. The molecule has 0 aliphatic carbocycles. The van der Waals surface area contributed by atoms with Gasteiger partial charge in [0.1, 0.15) is 12.1 Å². The summed E-state index contributed by atoms with van der Waals surface area (Å²) in [7, 11) is 0. The summed E-state index contributed by atoms with van der Waals surface area (Å²) in [5, 5.41) is 7.57. The van der Waals surface area contributed by atoms with Crippen molar-refractivity contribution >= 4 is 22.6 Å². The standard InChI is InChI=1S/C19H27N3O/c1-5-6-7-17(23)20-10-11-21-19-14(3)12-16-9-8-13(2)15(4)18(16)22-19/h8-9,12H,5-7,10-11H2,1-4H3,(H,20,23)(H,21,22)/p+1. The van der Waals surface area contributed by atoms with Gasteiger partial charge in [0.15, 0.2) is 0 Å². The summed E-state index contributed by atoms with van der Waals surface area (Å²) in [5.41, 5.74) is 4.91. The number of anilines is 1. The number of amides is 1. The van der Waals surface area contributed by atoms with E-state index in [1.807, 2.05) is 0 Å². The number of H-pyrrole nitrogens is 1. The second-order valence-corrected chi connectivity index (χ2v) is 6.18. The first-order valence-corrected chi connectivity index (χ1v) is 8.46. The second kappa shape index (κ2) is 7.95. The summed E-state index contributed by atoms with van der Waals surface area (Å²) in [6.07, 6.45) is 2.63. The maximum absolute atomic E-state index is 11.6. The second-order valence-electron chi connectivity index (χ2n) is 6.18. The van der Waals surface area contributed by atoms with Gasteiger partial charge in [-0.3, -0.25) is 10.1 Å². The fourth-order valence-corrected chi connectivity index (χ4v) is 2.65. The van der Waals surface area contributed by atoms with Gasteiger partial charge in [-0.15, -0.1) is 0 Å². The number of aromatic amines is 1. The molecule has 0 aliphatic heterocycles. The highest BCUT2D eigenvalue weighted by molar-refractivity contribution is 5.81. The number of carbonyl (C=O) groups excluding carboxylic acids is 1. The first-order chi connectivity index (χ1) is 11.0. The van der Waals surface area contributed by atoms with Gasteiger partial charge >= 0.3 is 0 Å². The number of hydrogen-bond donors (Lipinski definition) is 2. The van der Waals surface area contributed by atoms with Crippen molar-refractivity contribution in [3.8, 4) is 0 Å². The summed E-state index contributed by atoms with van der Waals surface area (Å²) in [6.45, 7) is 9.80. The van der Waals surface area contributed by atoms with Crippen LogP contribution < -0.4 is 15.6 Å². The molecule has 0 radical (unpaired) electrons. The van der Waals surface area contributed by atoms with Gasteiger partial charge in [0.2, 0.25) is 5.91 Å². The summed E-state index contributed by atoms with van der Waals surface area (Å²) in [5.74, 6) is 1.16. The van der Waals surface area contributed by atoms with Crippen molar-refractivity contribution in [2.45, 2.75) is 47.0 Å². The zero-order valence-electron chi connectivity index (χ0n) is 14.7. The van der Waals surface area contributed by atoms with Gasteiger partial charge in [0.25, 0.3) is 5.82 Å². The molecule has 2 aromatic rings. The van der Waals surface area contributed by atoms with E-state index in [4.69, 9.17) is 0 Å².